The van der Waals surface area contributed by atoms with Gasteiger partial charge in [0, 0.05) is 26.7 Å². The summed E-state index contributed by atoms with van der Waals surface area (Å²) in [7, 11) is -2.47. The average molecular weight is 499 g/mol. The molecule has 1 aliphatic rings. The monoisotopic (exact) mass is 498 g/mol. The van der Waals surface area contributed by atoms with Crippen molar-refractivity contribution in [2.45, 2.75) is 30.4 Å². The molecule has 0 bridgehead atoms. The Morgan fingerprint density at radius 1 is 1.24 bits per heavy atom. The Bertz CT molecular complexity index is 1100. The largest absolute Gasteiger partial charge is 0.452 e. The molecular formula is C22H24ClFN2O6S. The number of hydrogen-bond acceptors (Lipinski definition) is 6. The molecule has 1 unspecified atom stereocenters. The van der Waals surface area contributed by atoms with Gasteiger partial charge >= 0.3 is 5.97 Å². The predicted molar refractivity (Wildman–Crippen MR) is 119 cm³/mol. The van der Waals surface area contributed by atoms with E-state index in [1.54, 1.807) is 12.1 Å². The van der Waals surface area contributed by atoms with Gasteiger partial charge < -0.3 is 14.4 Å². The molecule has 1 saturated heterocycles. The number of esters is 1. The van der Waals surface area contributed by atoms with Crippen LogP contribution in [0.5, 0.6) is 0 Å². The number of hydrogen-bond donors (Lipinski definition) is 1. The predicted octanol–water partition coefficient (Wildman–Crippen LogP) is 2.75. The number of sulfonamides is 1. The van der Waals surface area contributed by atoms with Crippen LogP contribution in [0.15, 0.2) is 47.4 Å². The highest BCUT2D eigenvalue weighted by Crippen LogP contribution is 2.23. The van der Waals surface area contributed by atoms with Gasteiger partial charge in [0.2, 0.25) is 10.0 Å². The van der Waals surface area contributed by atoms with E-state index in [1.807, 2.05) is 0 Å². The third-order valence-corrected chi connectivity index (χ3v) is 6.97. The first-order valence-corrected chi connectivity index (χ1v) is 12.1. The molecular weight excluding hydrogens is 475 g/mol. The summed E-state index contributed by atoms with van der Waals surface area (Å²) in [6.07, 6.45) is 1.42. The minimum atomic E-state index is -3.99. The molecule has 1 amide bonds. The van der Waals surface area contributed by atoms with Crippen LogP contribution in [0.2, 0.25) is 5.02 Å². The van der Waals surface area contributed by atoms with Crippen LogP contribution in [-0.4, -0.2) is 58.1 Å². The summed E-state index contributed by atoms with van der Waals surface area (Å²) in [5.74, 6) is -1.73. The van der Waals surface area contributed by atoms with Gasteiger partial charge in [-0.2, -0.15) is 0 Å². The molecule has 0 spiro atoms. The highest BCUT2D eigenvalue weighted by atomic mass is 35.5. The molecule has 1 heterocycles. The molecule has 2 aromatic rings. The van der Waals surface area contributed by atoms with Gasteiger partial charge in [0.05, 0.1) is 16.7 Å². The van der Waals surface area contributed by atoms with Crippen molar-refractivity contribution in [1.82, 2.24) is 9.62 Å². The lowest BCUT2D eigenvalue weighted by atomic mass is 10.2. The summed E-state index contributed by atoms with van der Waals surface area (Å²) in [5.41, 5.74) is 0.646. The number of benzene rings is 2. The van der Waals surface area contributed by atoms with Crippen molar-refractivity contribution in [3.63, 3.8) is 0 Å². The molecule has 1 N–H and O–H groups in total. The second-order valence-corrected chi connectivity index (χ2v) is 9.73. The lowest BCUT2D eigenvalue weighted by molar-refractivity contribution is -0.133. The maximum absolute atomic E-state index is 13.0. The highest BCUT2D eigenvalue weighted by molar-refractivity contribution is 7.89. The van der Waals surface area contributed by atoms with E-state index >= 15 is 0 Å². The standard InChI is InChI=1S/C22H24ClFN2O6S/c1-26(13-15-4-7-17(24)8-5-15)21(27)14-32-22(28)16-6-9-19(23)20(11-16)33(29,30)25-12-18-3-2-10-31-18/h4-9,11,18,25H,2-3,10,12-14H2,1H3. The van der Waals surface area contributed by atoms with E-state index < -0.39 is 28.5 Å². The summed E-state index contributed by atoms with van der Waals surface area (Å²) in [4.78, 5) is 25.7. The normalized spacial score (nSPS) is 15.9. The topological polar surface area (TPSA) is 102 Å². The van der Waals surface area contributed by atoms with Crippen molar-refractivity contribution < 1.29 is 31.9 Å². The Morgan fingerprint density at radius 3 is 2.64 bits per heavy atom. The van der Waals surface area contributed by atoms with Gasteiger partial charge in [-0.25, -0.2) is 22.3 Å². The van der Waals surface area contributed by atoms with Gasteiger partial charge in [-0.05, 0) is 48.7 Å². The zero-order valence-electron chi connectivity index (χ0n) is 17.9. The Hall–Kier alpha value is -2.53. The Labute approximate surface area is 196 Å². The first-order valence-electron chi connectivity index (χ1n) is 10.2. The zero-order valence-corrected chi connectivity index (χ0v) is 19.5. The maximum atomic E-state index is 13.0. The molecule has 1 fully saturated rings. The van der Waals surface area contributed by atoms with Crippen molar-refractivity contribution in [1.29, 1.82) is 0 Å². The van der Waals surface area contributed by atoms with Crippen molar-refractivity contribution in [2.75, 3.05) is 26.8 Å². The van der Waals surface area contributed by atoms with Gasteiger partial charge in [0.25, 0.3) is 5.91 Å². The Kier molecular flexibility index (Phi) is 8.41. The highest BCUT2D eigenvalue weighted by Gasteiger charge is 2.24. The number of rotatable bonds is 9. The van der Waals surface area contributed by atoms with Crippen LogP contribution < -0.4 is 4.72 Å². The van der Waals surface area contributed by atoms with Crippen LogP contribution in [0.25, 0.3) is 0 Å². The number of amides is 1. The third-order valence-electron chi connectivity index (χ3n) is 5.07. The minimum absolute atomic E-state index is 0.0542. The van der Waals surface area contributed by atoms with E-state index in [-0.39, 0.29) is 40.5 Å². The van der Waals surface area contributed by atoms with Crippen molar-refractivity contribution in [3.8, 4) is 0 Å². The van der Waals surface area contributed by atoms with Crippen LogP contribution in [0.4, 0.5) is 4.39 Å². The molecule has 2 aromatic carbocycles. The van der Waals surface area contributed by atoms with E-state index in [0.717, 1.165) is 18.9 Å². The van der Waals surface area contributed by atoms with Gasteiger partial charge in [0.1, 0.15) is 10.7 Å². The summed E-state index contributed by atoms with van der Waals surface area (Å²) >= 11 is 6.05. The van der Waals surface area contributed by atoms with Crippen LogP contribution >= 0.6 is 11.6 Å². The second kappa shape index (κ2) is 11.1. The number of carbonyl (C=O) groups excluding carboxylic acids is 2. The van der Waals surface area contributed by atoms with E-state index in [0.29, 0.717) is 12.2 Å². The van der Waals surface area contributed by atoms with Crippen molar-refractivity contribution in [3.05, 3.63) is 64.4 Å². The summed E-state index contributed by atoms with van der Waals surface area (Å²) in [5, 5.41) is -0.0542. The maximum Gasteiger partial charge on any atom is 0.338 e. The molecule has 0 radical (unpaired) electrons. The third kappa shape index (κ3) is 6.97. The molecule has 8 nitrogen and oxygen atoms in total. The fourth-order valence-electron chi connectivity index (χ4n) is 3.19. The lowest BCUT2D eigenvalue weighted by Gasteiger charge is -2.17. The van der Waals surface area contributed by atoms with Crippen LogP contribution in [0, 0.1) is 5.82 Å². The smallest absolute Gasteiger partial charge is 0.338 e. The molecule has 1 aliphatic heterocycles. The average Bonchev–Trinajstić information content (AvgIpc) is 3.31. The van der Waals surface area contributed by atoms with E-state index in [9.17, 15) is 22.4 Å². The number of halogens is 2. The second-order valence-electron chi connectivity index (χ2n) is 7.58. The first-order chi connectivity index (χ1) is 15.7. The SMILES string of the molecule is CN(Cc1ccc(F)cc1)C(=O)COC(=O)c1ccc(Cl)c(S(=O)(=O)NCC2CCCO2)c1. The summed E-state index contributed by atoms with van der Waals surface area (Å²) in [6.45, 7) is 0.351. The van der Waals surface area contributed by atoms with Crippen LogP contribution in [-0.2, 0) is 30.8 Å². The van der Waals surface area contributed by atoms with Crippen LogP contribution in [0.3, 0.4) is 0 Å². The molecule has 33 heavy (non-hydrogen) atoms. The summed E-state index contributed by atoms with van der Waals surface area (Å²) < 4.78 is 51.2. The number of ether oxygens (including phenoxy) is 2. The number of carbonyl (C=O) groups is 2. The molecule has 178 valence electrons. The number of nitrogens with one attached hydrogen (secondary N) is 1. The quantitative estimate of drug-likeness (QED) is 0.533. The van der Waals surface area contributed by atoms with E-state index in [2.05, 4.69) is 4.72 Å². The fraction of sp³-hybridized carbons (Fsp3) is 0.364. The minimum Gasteiger partial charge on any atom is -0.452 e. The molecule has 0 aliphatic carbocycles. The number of nitrogens with zero attached hydrogens (tertiary/aromatic N) is 1. The Balaban J connectivity index is 1.59. The fourth-order valence-corrected chi connectivity index (χ4v) is 4.78. The van der Waals surface area contributed by atoms with E-state index in [1.165, 1.54) is 36.2 Å². The van der Waals surface area contributed by atoms with Crippen LogP contribution in [0.1, 0.15) is 28.8 Å². The lowest BCUT2D eigenvalue weighted by Crippen LogP contribution is -2.32. The molecule has 1 atom stereocenters. The van der Waals surface area contributed by atoms with E-state index in [4.69, 9.17) is 21.1 Å². The Morgan fingerprint density at radius 2 is 1.97 bits per heavy atom. The summed E-state index contributed by atoms with van der Waals surface area (Å²) in [6, 6.07) is 9.37. The van der Waals surface area contributed by atoms with Gasteiger partial charge in [-0.1, -0.05) is 23.7 Å². The van der Waals surface area contributed by atoms with Gasteiger partial charge in [-0.15, -0.1) is 0 Å². The zero-order chi connectivity index (χ0) is 24.0. The molecule has 0 aromatic heterocycles. The first kappa shape index (κ1) is 25.1. The van der Waals surface area contributed by atoms with Gasteiger partial charge in [0.15, 0.2) is 6.61 Å². The molecule has 0 saturated carbocycles. The van der Waals surface area contributed by atoms with Crippen molar-refractivity contribution in [2.24, 2.45) is 0 Å². The van der Waals surface area contributed by atoms with Crippen molar-refractivity contribution >= 4 is 33.5 Å². The molecule has 11 heteroatoms. The number of likely N-dealkylation sites (N-methyl/N-ethyl adjacent to an activating group) is 1. The molecule has 3 rings (SSSR count). The van der Waals surface area contributed by atoms with Gasteiger partial charge in [-0.3, -0.25) is 4.79 Å².